The van der Waals surface area contributed by atoms with Crippen LogP contribution in [0.25, 0.3) is 28.2 Å². The van der Waals surface area contributed by atoms with Crippen LogP contribution in [0.1, 0.15) is 19.7 Å². The molecule has 172 valence electrons. The van der Waals surface area contributed by atoms with Crippen molar-refractivity contribution in [2.45, 2.75) is 20.4 Å². The van der Waals surface area contributed by atoms with Gasteiger partial charge in [-0.3, -0.25) is 4.79 Å². The van der Waals surface area contributed by atoms with Gasteiger partial charge in [0.2, 0.25) is 11.7 Å². The summed E-state index contributed by atoms with van der Waals surface area (Å²) in [6.45, 7) is 5.05. The Morgan fingerprint density at radius 3 is 2.53 bits per heavy atom. The third-order valence-corrected chi connectivity index (χ3v) is 5.11. The molecule has 34 heavy (non-hydrogen) atoms. The third kappa shape index (κ3) is 4.25. The minimum Gasteiger partial charge on any atom is -0.494 e. The van der Waals surface area contributed by atoms with Crippen LogP contribution < -0.4 is 15.0 Å². The Labute approximate surface area is 194 Å². The molecule has 0 spiro atoms. The highest BCUT2D eigenvalue weighted by Crippen LogP contribution is 2.23. The Hall–Kier alpha value is -4.47. The fourth-order valence-corrected chi connectivity index (χ4v) is 3.54. The first-order valence-electron chi connectivity index (χ1n) is 10.9. The molecule has 5 rings (SSSR count). The monoisotopic (exact) mass is 458 g/mol. The maximum absolute atomic E-state index is 13.0. The zero-order valence-electron chi connectivity index (χ0n) is 18.7. The van der Waals surface area contributed by atoms with E-state index in [4.69, 9.17) is 14.0 Å². The van der Waals surface area contributed by atoms with Gasteiger partial charge in [0.25, 0.3) is 5.56 Å². The Morgan fingerprint density at radius 1 is 0.941 bits per heavy atom. The standard InChI is InChI=1S/C24H22N6O4/c1-3-32-18-10-8-16(9-11-18)20-13-21-24(31)29(25-15-30(21)27-20)14-22-26-23(28-34-22)17-6-5-7-19(12-17)33-4-2/h5-13,15H,3-4,14H2,1-2H3. The van der Waals surface area contributed by atoms with E-state index in [1.807, 2.05) is 62.4 Å². The maximum Gasteiger partial charge on any atom is 0.293 e. The minimum absolute atomic E-state index is 0.0387. The SMILES string of the molecule is CCOc1ccc(-c2cc3c(=O)n(Cc4nc(-c5cccc(OCC)c5)no4)ncn3n2)cc1. The van der Waals surface area contributed by atoms with Crippen molar-refractivity contribution in [1.29, 1.82) is 0 Å². The van der Waals surface area contributed by atoms with Crippen LogP contribution in [0.3, 0.4) is 0 Å². The molecule has 0 aliphatic rings. The normalized spacial score (nSPS) is 11.1. The third-order valence-electron chi connectivity index (χ3n) is 5.11. The van der Waals surface area contributed by atoms with Crippen LogP contribution in [-0.2, 0) is 6.54 Å². The van der Waals surface area contributed by atoms with Gasteiger partial charge in [-0.2, -0.15) is 15.2 Å². The number of hydrogen-bond acceptors (Lipinski definition) is 8. The summed E-state index contributed by atoms with van der Waals surface area (Å²) in [7, 11) is 0. The Kier molecular flexibility index (Phi) is 5.77. The van der Waals surface area contributed by atoms with Gasteiger partial charge in [0.1, 0.15) is 29.9 Å². The second-order valence-corrected chi connectivity index (χ2v) is 7.38. The summed E-state index contributed by atoms with van der Waals surface area (Å²) >= 11 is 0. The van der Waals surface area contributed by atoms with Gasteiger partial charge in [0.15, 0.2) is 0 Å². The molecule has 0 aliphatic heterocycles. The molecule has 0 N–H and O–H groups in total. The molecule has 3 heterocycles. The molecule has 10 nitrogen and oxygen atoms in total. The summed E-state index contributed by atoms with van der Waals surface area (Å²) in [6, 6.07) is 16.7. The van der Waals surface area contributed by atoms with E-state index in [9.17, 15) is 4.79 Å². The van der Waals surface area contributed by atoms with Crippen molar-refractivity contribution in [2.24, 2.45) is 0 Å². The van der Waals surface area contributed by atoms with Gasteiger partial charge in [0.05, 0.1) is 18.9 Å². The number of aromatic nitrogens is 6. The summed E-state index contributed by atoms with van der Waals surface area (Å²) in [5.74, 6) is 2.18. The molecular weight excluding hydrogens is 436 g/mol. The highest BCUT2D eigenvalue weighted by Gasteiger charge is 2.14. The van der Waals surface area contributed by atoms with Gasteiger partial charge < -0.3 is 14.0 Å². The summed E-state index contributed by atoms with van der Waals surface area (Å²) in [5, 5.41) is 12.7. The summed E-state index contributed by atoms with van der Waals surface area (Å²) < 4.78 is 19.1. The molecule has 0 fully saturated rings. The summed E-state index contributed by atoms with van der Waals surface area (Å²) in [6.07, 6.45) is 1.48. The molecule has 0 radical (unpaired) electrons. The number of rotatable bonds is 8. The molecule has 0 unspecified atom stereocenters. The van der Waals surface area contributed by atoms with Crippen molar-refractivity contribution in [2.75, 3.05) is 13.2 Å². The first-order valence-corrected chi connectivity index (χ1v) is 10.9. The van der Waals surface area contributed by atoms with E-state index in [0.717, 1.165) is 22.6 Å². The fourth-order valence-electron chi connectivity index (χ4n) is 3.54. The van der Waals surface area contributed by atoms with Gasteiger partial charge in [-0.15, -0.1) is 0 Å². The molecule has 0 saturated heterocycles. The smallest absolute Gasteiger partial charge is 0.293 e. The van der Waals surface area contributed by atoms with Crippen molar-refractivity contribution in [3.05, 3.63) is 77.2 Å². The van der Waals surface area contributed by atoms with Gasteiger partial charge in [-0.05, 0) is 56.3 Å². The predicted molar refractivity (Wildman–Crippen MR) is 124 cm³/mol. The molecule has 0 aliphatic carbocycles. The lowest BCUT2D eigenvalue weighted by Crippen LogP contribution is -2.25. The maximum atomic E-state index is 13.0. The van der Waals surface area contributed by atoms with Crippen LogP contribution in [0.2, 0.25) is 0 Å². The van der Waals surface area contributed by atoms with Crippen molar-refractivity contribution < 1.29 is 14.0 Å². The van der Waals surface area contributed by atoms with E-state index >= 15 is 0 Å². The van der Waals surface area contributed by atoms with E-state index in [1.165, 1.54) is 15.5 Å². The number of fused-ring (bicyclic) bond motifs is 1. The second-order valence-electron chi connectivity index (χ2n) is 7.38. The average molecular weight is 458 g/mol. The van der Waals surface area contributed by atoms with Crippen LogP contribution in [0.15, 0.2) is 70.2 Å². The molecule has 0 saturated carbocycles. The van der Waals surface area contributed by atoms with Gasteiger partial charge in [-0.25, -0.2) is 9.20 Å². The lowest BCUT2D eigenvalue weighted by Gasteiger charge is -2.03. The number of hydrogen-bond donors (Lipinski definition) is 0. The summed E-state index contributed by atoms with van der Waals surface area (Å²) in [5.41, 5.74) is 2.36. The predicted octanol–water partition coefficient (Wildman–Crippen LogP) is 3.45. The van der Waals surface area contributed by atoms with Crippen molar-refractivity contribution in [3.63, 3.8) is 0 Å². The number of ether oxygens (including phenoxy) is 2. The van der Waals surface area contributed by atoms with Crippen LogP contribution in [0.5, 0.6) is 11.5 Å². The van der Waals surface area contributed by atoms with Gasteiger partial charge >= 0.3 is 0 Å². The van der Waals surface area contributed by atoms with E-state index in [2.05, 4.69) is 20.3 Å². The zero-order chi connectivity index (χ0) is 23.5. The van der Waals surface area contributed by atoms with E-state index in [-0.39, 0.29) is 18.0 Å². The molecule has 5 aromatic rings. The minimum atomic E-state index is -0.315. The van der Waals surface area contributed by atoms with E-state index in [1.54, 1.807) is 6.07 Å². The Morgan fingerprint density at radius 2 is 1.74 bits per heavy atom. The first-order chi connectivity index (χ1) is 16.6. The molecular formula is C24H22N6O4. The van der Waals surface area contributed by atoms with Crippen LogP contribution in [0, 0.1) is 0 Å². The first kappa shape index (κ1) is 21.4. The molecule has 0 amide bonds. The number of benzene rings is 2. The lowest BCUT2D eigenvalue weighted by molar-refractivity contribution is 0.340. The lowest BCUT2D eigenvalue weighted by atomic mass is 10.1. The van der Waals surface area contributed by atoms with Crippen molar-refractivity contribution in [1.82, 2.24) is 29.5 Å². The van der Waals surface area contributed by atoms with Crippen LogP contribution in [-0.4, -0.2) is 42.7 Å². The number of nitrogens with zero attached hydrogens (tertiary/aromatic N) is 6. The highest BCUT2D eigenvalue weighted by atomic mass is 16.5. The highest BCUT2D eigenvalue weighted by molar-refractivity contribution is 5.66. The van der Waals surface area contributed by atoms with Gasteiger partial charge in [-0.1, -0.05) is 17.3 Å². The van der Waals surface area contributed by atoms with Crippen molar-refractivity contribution in [3.8, 4) is 34.1 Å². The molecule has 2 aromatic carbocycles. The van der Waals surface area contributed by atoms with Crippen LogP contribution >= 0.6 is 0 Å². The largest absolute Gasteiger partial charge is 0.494 e. The second kappa shape index (κ2) is 9.18. The molecule has 0 atom stereocenters. The van der Waals surface area contributed by atoms with E-state index < -0.39 is 0 Å². The fraction of sp³-hybridized carbons (Fsp3) is 0.208. The molecule has 0 bridgehead atoms. The Balaban J connectivity index is 1.39. The topological polar surface area (TPSA) is 110 Å². The average Bonchev–Trinajstić information content (AvgIpc) is 3.50. The quantitative estimate of drug-likeness (QED) is 0.348. The molecule has 3 aromatic heterocycles. The summed E-state index contributed by atoms with van der Waals surface area (Å²) in [4.78, 5) is 17.4. The van der Waals surface area contributed by atoms with Crippen LogP contribution in [0.4, 0.5) is 0 Å². The van der Waals surface area contributed by atoms with E-state index in [0.29, 0.717) is 30.2 Å². The Bertz CT molecular complexity index is 1490. The zero-order valence-corrected chi connectivity index (χ0v) is 18.7. The molecule has 10 heteroatoms. The van der Waals surface area contributed by atoms with Crippen molar-refractivity contribution >= 4 is 5.52 Å². The van der Waals surface area contributed by atoms with Gasteiger partial charge in [0, 0.05) is 11.1 Å².